The predicted molar refractivity (Wildman–Crippen MR) is 132 cm³/mol. The quantitative estimate of drug-likeness (QED) is 0.519. The molecule has 1 saturated heterocycles. The molecule has 4 rings (SSSR count). The van der Waals surface area contributed by atoms with Crippen LogP contribution in [0, 0.1) is 0 Å². The molecule has 3 heterocycles. The molecule has 0 bridgehead atoms. The van der Waals surface area contributed by atoms with Crippen LogP contribution < -0.4 is 9.64 Å². The van der Waals surface area contributed by atoms with Crippen LogP contribution in [0.5, 0.6) is 5.75 Å². The number of halogens is 1. The van der Waals surface area contributed by atoms with E-state index in [0.717, 1.165) is 47.7 Å². The summed E-state index contributed by atoms with van der Waals surface area (Å²) in [7, 11) is 1.63. The predicted octanol–water partition coefficient (Wildman–Crippen LogP) is 5.28. The summed E-state index contributed by atoms with van der Waals surface area (Å²) in [5.41, 5.74) is 4.50. The second-order valence-electron chi connectivity index (χ2n) is 9.23. The molecule has 0 saturated carbocycles. The minimum Gasteiger partial charge on any atom is -0.495 e. The van der Waals surface area contributed by atoms with Crippen LogP contribution in [0.3, 0.4) is 0 Å². The van der Waals surface area contributed by atoms with Gasteiger partial charge in [0.15, 0.2) is 0 Å². The molecule has 176 valence electrons. The number of pyridine rings is 1. The van der Waals surface area contributed by atoms with E-state index in [2.05, 4.69) is 24.0 Å². The Kier molecular flexibility index (Phi) is 6.43. The highest BCUT2D eigenvalue weighted by molar-refractivity contribution is 6.32. The van der Waals surface area contributed by atoms with E-state index in [1.807, 2.05) is 49.7 Å². The van der Waals surface area contributed by atoms with Crippen molar-refractivity contribution in [2.45, 2.75) is 39.7 Å². The number of aromatic nitrogens is 2. The van der Waals surface area contributed by atoms with Gasteiger partial charge in [-0.3, -0.25) is 0 Å². The lowest BCUT2D eigenvalue weighted by Crippen LogP contribution is -2.50. The monoisotopic (exact) mass is 470 g/mol. The summed E-state index contributed by atoms with van der Waals surface area (Å²) >= 11 is 6.40. The Bertz CT molecular complexity index is 1160. The fraction of sp³-hybridized carbons (Fsp3) is 0.440. The largest absolute Gasteiger partial charge is 0.495 e. The van der Waals surface area contributed by atoms with Crippen LogP contribution in [0.2, 0.25) is 5.02 Å². The lowest BCUT2D eigenvalue weighted by molar-refractivity contribution is 0.0240. The molecule has 33 heavy (non-hydrogen) atoms. The molecule has 8 heteroatoms. The lowest BCUT2D eigenvalue weighted by Gasteiger charge is -2.36. The lowest BCUT2D eigenvalue weighted by atomic mass is 10.0. The van der Waals surface area contributed by atoms with Crippen molar-refractivity contribution in [3.05, 3.63) is 47.2 Å². The average molecular weight is 471 g/mol. The average Bonchev–Trinajstić information content (AvgIpc) is 3.21. The number of imidazole rings is 1. The number of fused-ring (bicyclic) bond motifs is 1. The number of carbonyl (C=O) groups is 1. The fourth-order valence-electron chi connectivity index (χ4n) is 4.05. The van der Waals surface area contributed by atoms with Gasteiger partial charge in [0, 0.05) is 55.9 Å². The molecule has 3 aromatic rings. The van der Waals surface area contributed by atoms with Crippen LogP contribution >= 0.6 is 11.6 Å². The number of amides is 1. The molecular formula is C25H31ClN4O3. The summed E-state index contributed by atoms with van der Waals surface area (Å²) in [5.74, 6) is 0.675. The molecule has 0 radical (unpaired) electrons. The van der Waals surface area contributed by atoms with E-state index in [4.69, 9.17) is 26.1 Å². The summed E-state index contributed by atoms with van der Waals surface area (Å²) < 4.78 is 12.9. The molecule has 7 nitrogen and oxygen atoms in total. The standard InChI is InChI=1S/C25H31ClN4O3/c1-6-17-13-22(32-5)20(26)15-19(17)21-16-30-8-7-18(14-23(30)27-21)28-9-11-29(12-10-28)24(31)33-25(2,3)4/h7-8,13-16H,6,9-12H2,1-5H3. The number of carbonyl (C=O) groups excluding carboxylic acids is 1. The Morgan fingerprint density at radius 1 is 1.15 bits per heavy atom. The van der Waals surface area contributed by atoms with Crippen molar-refractivity contribution in [3.63, 3.8) is 0 Å². The smallest absolute Gasteiger partial charge is 0.410 e. The number of hydrogen-bond acceptors (Lipinski definition) is 5. The second-order valence-corrected chi connectivity index (χ2v) is 9.64. The van der Waals surface area contributed by atoms with Crippen LogP contribution in [-0.2, 0) is 11.2 Å². The van der Waals surface area contributed by atoms with Crippen LogP contribution in [0.4, 0.5) is 10.5 Å². The molecule has 1 aromatic carbocycles. The molecule has 1 aliphatic heterocycles. The number of piperazine rings is 1. The first-order valence-corrected chi connectivity index (χ1v) is 11.6. The molecule has 0 N–H and O–H groups in total. The van der Waals surface area contributed by atoms with Crippen LogP contribution in [0.1, 0.15) is 33.3 Å². The number of rotatable bonds is 4. The molecular weight excluding hydrogens is 440 g/mol. The van der Waals surface area contributed by atoms with Gasteiger partial charge in [-0.1, -0.05) is 18.5 Å². The van der Waals surface area contributed by atoms with E-state index < -0.39 is 5.60 Å². The summed E-state index contributed by atoms with van der Waals surface area (Å²) in [6.45, 7) is 10.5. The highest BCUT2D eigenvalue weighted by Gasteiger charge is 2.26. The van der Waals surface area contributed by atoms with Crippen molar-refractivity contribution < 1.29 is 14.3 Å². The van der Waals surface area contributed by atoms with Gasteiger partial charge in [0.2, 0.25) is 0 Å². The minimum atomic E-state index is -0.483. The Balaban J connectivity index is 1.53. The van der Waals surface area contributed by atoms with Gasteiger partial charge in [-0.05, 0) is 51.0 Å². The number of aryl methyl sites for hydroxylation is 1. The van der Waals surface area contributed by atoms with Crippen molar-refractivity contribution in [2.75, 3.05) is 38.2 Å². The second kappa shape index (κ2) is 9.14. The maximum atomic E-state index is 12.3. The molecule has 0 aliphatic carbocycles. The molecule has 0 atom stereocenters. The van der Waals surface area contributed by atoms with Crippen molar-refractivity contribution in [3.8, 4) is 17.0 Å². The normalized spacial score (nSPS) is 14.6. The van der Waals surface area contributed by atoms with Crippen molar-refractivity contribution >= 4 is 29.0 Å². The zero-order valence-corrected chi connectivity index (χ0v) is 20.6. The van der Waals surface area contributed by atoms with E-state index in [-0.39, 0.29) is 6.09 Å². The minimum absolute atomic E-state index is 0.250. The summed E-state index contributed by atoms with van der Waals surface area (Å²) in [6.07, 6.45) is 4.65. The van der Waals surface area contributed by atoms with Gasteiger partial charge in [-0.15, -0.1) is 0 Å². The first kappa shape index (κ1) is 23.2. The van der Waals surface area contributed by atoms with E-state index in [9.17, 15) is 4.79 Å². The molecule has 1 aliphatic rings. The number of nitrogens with zero attached hydrogens (tertiary/aromatic N) is 4. The van der Waals surface area contributed by atoms with Gasteiger partial charge >= 0.3 is 6.09 Å². The van der Waals surface area contributed by atoms with Crippen molar-refractivity contribution in [1.82, 2.24) is 14.3 Å². The number of hydrogen-bond donors (Lipinski definition) is 0. The Morgan fingerprint density at radius 3 is 2.52 bits per heavy atom. The van der Waals surface area contributed by atoms with E-state index >= 15 is 0 Å². The van der Waals surface area contributed by atoms with Crippen LogP contribution in [0.15, 0.2) is 36.7 Å². The Morgan fingerprint density at radius 2 is 1.88 bits per heavy atom. The number of anilines is 1. The summed E-state index contributed by atoms with van der Waals surface area (Å²) in [5, 5.41) is 0.574. The third kappa shape index (κ3) is 5.03. The number of ether oxygens (including phenoxy) is 2. The third-order valence-electron chi connectivity index (χ3n) is 5.77. The van der Waals surface area contributed by atoms with Gasteiger partial charge in [0.05, 0.1) is 17.8 Å². The van der Waals surface area contributed by atoms with Crippen LogP contribution in [0.25, 0.3) is 16.9 Å². The first-order chi connectivity index (χ1) is 15.7. The number of benzene rings is 1. The van der Waals surface area contributed by atoms with Gasteiger partial charge < -0.3 is 23.7 Å². The Labute approximate surface area is 199 Å². The zero-order valence-electron chi connectivity index (χ0n) is 19.9. The van der Waals surface area contributed by atoms with Crippen molar-refractivity contribution in [1.29, 1.82) is 0 Å². The molecule has 1 amide bonds. The third-order valence-corrected chi connectivity index (χ3v) is 6.07. The maximum absolute atomic E-state index is 12.3. The van der Waals surface area contributed by atoms with Gasteiger partial charge in [0.25, 0.3) is 0 Å². The SMILES string of the molecule is CCc1cc(OC)c(Cl)cc1-c1cn2ccc(N3CCN(C(=O)OC(C)(C)C)CC3)cc2n1. The van der Waals surface area contributed by atoms with Crippen LogP contribution in [-0.4, -0.2) is 59.3 Å². The first-order valence-electron chi connectivity index (χ1n) is 11.3. The molecule has 0 unspecified atom stereocenters. The van der Waals surface area contributed by atoms with Gasteiger partial charge in [0.1, 0.15) is 17.0 Å². The van der Waals surface area contributed by atoms with Crippen molar-refractivity contribution in [2.24, 2.45) is 0 Å². The topological polar surface area (TPSA) is 59.3 Å². The van der Waals surface area contributed by atoms with E-state index in [0.29, 0.717) is 23.9 Å². The Hall–Kier alpha value is -2.93. The summed E-state index contributed by atoms with van der Waals surface area (Å²) in [6, 6.07) is 8.09. The molecule has 0 spiro atoms. The van der Waals surface area contributed by atoms with E-state index in [1.165, 1.54) is 0 Å². The fourth-order valence-corrected chi connectivity index (χ4v) is 4.30. The highest BCUT2D eigenvalue weighted by Crippen LogP contribution is 2.34. The molecule has 1 fully saturated rings. The molecule has 2 aromatic heterocycles. The van der Waals surface area contributed by atoms with Gasteiger partial charge in [-0.25, -0.2) is 9.78 Å². The number of methoxy groups -OCH3 is 1. The maximum Gasteiger partial charge on any atom is 0.410 e. The van der Waals surface area contributed by atoms with E-state index in [1.54, 1.807) is 12.0 Å². The zero-order chi connectivity index (χ0) is 23.8. The highest BCUT2D eigenvalue weighted by atomic mass is 35.5. The van der Waals surface area contributed by atoms with Gasteiger partial charge in [-0.2, -0.15) is 0 Å². The summed E-state index contributed by atoms with van der Waals surface area (Å²) in [4.78, 5) is 21.3.